The van der Waals surface area contributed by atoms with Crippen molar-refractivity contribution in [3.63, 3.8) is 0 Å². The molecule has 2 saturated heterocycles. The van der Waals surface area contributed by atoms with Crippen molar-refractivity contribution in [1.82, 2.24) is 9.80 Å². The summed E-state index contributed by atoms with van der Waals surface area (Å²) in [7, 11) is 0. The lowest BCUT2D eigenvalue weighted by Crippen LogP contribution is -2.50. The first-order valence-electron chi connectivity index (χ1n) is 12.4. The van der Waals surface area contributed by atoms with E-state index in [-0.39, 0.29) is 17.8 Å². The highest BCUT2D eigenvalue weighted by atomic mass is 19.1. The number of carbonyl (C=O) groups excluding carboxylic acids is 1. The standard InChI is InChI=1S/C27H35FN2O4/c1-3-32-25-10-9-20(19-26(25)33-4-2)27(31)30-15-11-21(12-16-30)29-17-13-22(14-18-29)34-24-8-6-5-7-23(24)28/h5-10,19,21-22H,3-4,11-18H2,1-2H3. The van der Waals surface area contributed by atoms with Crippen molar-refractivity contribution in [2.45, 2.75) is 51.7 Å². The molecule has 0 spiro atoms. The minimum Gasteiger partial charge on any atom is -0.490 e. The summed E-state index contributed by atoms with van der Waals surface area (Å²) >= 11 is 0. The summed E-state index contributed by atoms with van der Waals surface area (Å²) in [5.74, 6) is 1.37. The summed E-state index contributed by atoms with van der Waals surface area (Å²) in [4.78, 5) is 17.6. The number of carbonyl (C=O) groups is 1. The third kappa shape index (κ3) is 5.81. The number of hydrogen-bond acceptors (Lipinski definition) is 5. The van der Waals surface area contributed by atoms with E-state index in [0.717, 1.165) is 51.9 Å². The van der Waals surface area contributed by atoms with Gasteiger partial charge in [-0.3, -0.25) is 9.69 Å². The van der Waals surface area contributed by atoms with Crippen molar-refractivity contribution in [2.24, 2.45) is 0 Å². The van der Waals surface area contributed by atoms with E-state index in [9.17, 15) is 9.18 Å². The second-order valence-electron chi connectivity index (χ2n) is 8.83. The molecule has 34 heavy (non-hydrogen) atoms. The maximum Gasteiger partial charge on any atom is 0.253 e. The Kier molecular flexibility index (Phi) is 8.27. The van der Waals surface area contributed by atoms with Gasteiger partial charge in [-0.25, -0.2) is 4.39 Å². The maximum atomic E-state index is 13.9. The molecule has 2 aromatic rings. The van der Waals surface area contributed by atoms with E-state index in [2.05, 4.69) is 4.90 Å². The van der Waals surface area contributed by atoms with E-state index < -0.39 is 0 Å². The molecule has 7 heteroatoms. The molecular weight excluding hydrogens is 435 g/mol. The zero-order chi connectivity index (χ0) is 23.9. The molecule has 0 unspecified atom stereocenters. The van der Waals surface area contributed by atoms with Crippen LogP contribution in [0.15, 0.2) is 42.5 Å². The van der Waals surface area contributed by atoms with Crippen LogP contribution >= 0.6 is 0 Å². The van der Waals surface area contributed by atoms with Gasteiger partial charge in [0.05, 0.1) is 13.2 Å². The fraction of sp³-hybridized carbons (Fsp3) is 0.519. The van der Waals surface area contributed by atoms with Gasteiger partial charge in [0.1, 0.15) is 6.10 Å². The average molecular weight is 471 g/mol. The van der Waals surface area contributed by atoms with Crippen LogP contribution in [0.2, 0.25) is 0 Å². The predicted octanol–water partition coefficient (Wildman–Crippen LogP) is 4.77. The fourth-order valence-electron chi connectivity index (χ4n) is 4.88. The maximum absolute atomic E-state index is 13.9. The highest BCUT2D eigenvalue weighted by Gasteiger charge is 2.31. The number of benzene rings is 2. The number of hydrogen-bond donors (Lipinski definition) is 0. The van der Waals surface area contributed by atoms with Crippen LogP contribution in [0.3, 0.4) is 0 Å². The van der Waals surface area contributed by atoms with Gasteiger partial charge in [-0.05, 0) is 69.9 Å². The second kappa shape index (κ2) is 11.6. The Morgan fingerprint density at radius 3 is 2.24 bits per heavy atom. The molecule has 2 fully saturated rings. The topological polar surface area (TPSA) is 51.2 Å². The van der Waals surface area contributed by atoms with Crippen molar-refractivity contribution < 1.29 is 23.4 Å². The van der Waals surface area contributed by atoms with Crippen LogP contribution in [0.4, 0.5) is 4.39 Å². The summed E-state index contributed by atoms with van der Waals surface area (Å²) < 4.78 is 31.1. The summed E-state index contributed by atoms with van der Waals surface area (Å²) in [6.07, 6.45) is 3.74. The van der Waals surface area contributed by atoms with E-state index in [0.29, 0.717) is 42.1 Å². The van der Waals surface area contributed by atoms with Gasteiger partial charge in [0.15, 0.2) is 23.1 Å². The quantitative estimate of drug-likeness (QED) is 0.556. The van der Waals surface area contributed by atoms with Crippen LogP contribution in [-0.2, 0) is 0 Å². The molecule has 184 valence electrons. The molecule has 2 aromatic carbocycles. The lowest BCUT2D eigenvalue weighted by atomic mass is 9.98. The monoisotopic (exact) mass is 470 g/mol. The first-order chi connectivity index (χ1) is 16.6. The smallest absolute Gasteiger partial charge is 0.253 e. The Labute approximate surface area is 201 Å². The van der Waals surface area contributed by atoms with Gasteiger partial charge in [-0.15, -0.1) is 0 Å². The number of amides is 1. The Bertz CT molecular complexity index is 953. The highest BCUT2D eigenvalue weighted by molar-refractivity contribution is 5.95. The lowest BCUT2D eigenvalue weighted by Gasteiger charge is -2.41. The molecule has 6 nitrogen and oxygen atoms in total. The van der Waals surface area contributed by atoms with Crippen molar-refractivity contribution in [2.75, 3.05) is 39.4 Å². The molecule has 2 aliphatic rings. The molecule has 0 atom stereocenters. The van der Waals surface area contributed by atoms with Crippen LogP contribution in [-0.4, -0.2) is 67.2 Å². The Morgan fingerprint density at radius 1 is 0.882 bits per heavy atom. The Morgan fingerprint density at radius 2 is 1.56 bits per heavy atom. The van der Waals surface area contributed by atoms with Crippen LogP contribution in [0, 0.1) is 5.82 Å². The number of likely N-dealkylation sites (tertiary alicyclic amines) is 2. The third-order valence-electron chi connectivity index (χ3n) is 6.67. The number of piperidine rings is 2. The summed E-state index contributed by atoms with van der Waals surface area (Å²) in [6.45, 7) is 8.28. The SMILES string of the molecule is CCOc1ccc(C(=O)N2CCC(N3CCC(Oc4ccccc4F)CC3)CC2)cc1OCC. The van der Waals surface area contributed by atoms with E-state index in [1.54, 1.807) is 24.3 Å². The van der Waals surface area contributed by atoms with Crippen LogP contribution < -0.4 is 14.2 Å². The molecule has 0 N–H and O–H groups in total. The fourth-order valence-corrected chi connectivity index (χ4v) is 4.88. The van der Waals surface area contributed by atoms with Gasteiger partial charge in [-0.2, -0.15) is 0 Å². The minimum atomic E-state index is -0.303. The number of ether oxygens (including phenoxy) is 3. The molecular formula is C27H35FN2O4. The predicted molar refractivity (Wildman–Crippen MR) is 129 cm³/mol. The zero-order valence-electron chi connectivity index (χ0n) is 20.2. The van der Waals surface area contributed by atoms with Crippen LogP contribution in [0.5, 0.6) is 17.2 Å². The van der Waals surface area contributed by atoms with Gasteiger partial charge in [-0.1, -0.05) is 12.1 Å². The Hall–Kier alpha value is -2.80. The van der Waals surface area contributed by atoms with Gasteiger partial charge in [0, 0.05) is 37.8 Å². The molecule has 0 aliphatic carbocycles. The molecule has 0 bridgehead atoms. The van der Waals surface area contributed by atoms with Gasteiger partial charge < -0.3 is 19.1 Å². The number of rotatable bonds is 8. The number of para-hydroxylation sites is 1. The largest absolute Gasteiger partial charge is 0.490 e. The molecule has 0 radical (unpaired) electrons. The van der Waals surface area contributed by atoms with Crippen molar-refractivity contribution in [1.29, 1.82) is 0 Å². The third-order valence-corrected chi connectivity index (χ3v) is 6.67. The summed E-state index contributed by atoms with van der Waals surface area (Å²) in [5.41, 5.74) is 0.636. The van der Waals surface area contributed by atoms with Gasteiger partial charge in [0.2, 0.25) is 0 Å². The molecule has 2 heterocycles. The lowest BCUT2D eigenvalue weighted by molar-refractivity contribution is 0.0416. The molecule has 2 aliphatic heterocycles. The van der Waals surface area contributed by atoms with E-state index in [4.69, 9.17) is 14.2 Å². The van der Waals surface area contributed by atoms with E-state index in [1.807, 2.05) is 30.9 Å². The second-order valence-corrected chi connectivity index (χ2v) is 8.83. The van der Waals surface area contributed by atoms with Gasteiger partial charge >= 0.3 is 0 Å². The van der Waals surface area contributed by atoms with Crippen molar-refractivity contribution in [3.8, 4) is 17.2 Å². The van der Waals surface area contributed by atoms with E-state index in [1.165, 1.54) is 6.07 Å². The molecule has 0 saturated carbocycles. The van der Waals surface area contributed by atoms with Crippen molar-refractivity contribution >= 4 is 5.91 Å². The molecule has 4 rings (SSSR count). The van der Waals surface area contributed by atoms with E-state index >= 15 is 0 Å². The first-order valence-corrected chi connectivity index (χ1v) is 12.4. The number of nitrogens with zero attached hydrogens (tertiary/aromatic N) is 2. The number of halogens is 1. The normalized spacial score (nSPS) is 18.0. The molecule has 0 aromatic heterocycles. The Balaban J connectivity index is 1.27. The van der Waals surface area contributed by atoms with Crippen LogP contribution in [0.1, 0.15) is 49.9 Å². The zero-order valence-corrected chi connectivity index (χ0v) is 20.2. The summed E-state index contributed by atoms with van der Waals surface area (Å²) in [6, 6.07) is 12.5. The summed E-state index contributed by atoms with van der Waals surface area (Å²) in [5, 5.41) is 0. The van der Waals surface area contributed by atoms with Crippen molar-refractivity contribution in [3.05, 3.63) is 53.8 Å². The van der Waals surface area contributed by atoms with Gasteiger partial charge in [0.25, 0.3) is 5.91 Å². The highest BCUT2D eigenvalue weighted by Crippen LogP contribution is 2.30. The minimum absolute atomic E-state index is 0.0412. The molecule has 1 amide bonds. The average Bonchev–Trinajstić information content (AvgIpc) is 2.87. The first kappa shape index (κ1) is 24.3. The van der Waals surface area contributed by atoms with Crippen LogP contribution in [0.25, 0.3) is 0 Å².